The molecule has 1 N–H and O–H groups in total. The summed E-state index contributed by atoms with van der Waals surface area (Å²) in [5.74, 6) is 1.18. The highest BCUT2D eigenvalue weighted by molar-refractivity contribution is 5.85. The Bertz CT molecular complexity index is 1460. The van der Waals surface area contributed by atoms with Crippen LogP contribution in [0.5, 0.6) is 5.75 Å². The van der Waals surface area contributed by atoms with Crippen LogP contribution in [0.3, 0.4) is 0 Å². The highest BCUT2D eigenvalue weighted by Gasteiger charge is 2.13. The van der Waals surface area contributed by atoms with Crippen LogP contribution in [0, 0.1) is 0 Å². The molecule has 0 spiro atoms. The summed E-state index contributed by atoms with van der Waals surface area (Å²) in [7, 11) is 0. The van der Waals surface area contributed by atoms with Crippen molar-refractivity contribution in [1.82, 2.24) is 19.7 Å². The summed E-state index contributed by atoms with van der Waals surface area (Å²) in [5, 5.41) is 3.81. The van der Waals surface area contributed by atoms with Gasteiger partial charge < -0.3 is 14.9 Å². The highest BCUT2D eigenvalue weighted by atomic mass is 16.7. The second kappa shape index (κ2) is 10.5. The topological polar surface area (TPSA) is 91.2 Å². The van der Waals surface area contributed by atoms with E-state index in [9.17, 15) is 4.79 Å². The molecule has 0 aliphatic rings. The number of aromatic nitrogens is 4. The number of fused-ring (bicyclic) bond motifs is 1. The van der Waals surface area contributed by atoms with Crippen LogP contribution in [0.25, 0.3) is 11.0 Å². The van der Waals surface area contributed by atoms with Gasteiger partial charge in [0.25, 0.3) is 0 Å². The predicted octanol–water partition coefficient (Wildman–Crippen LogP) is 4.01. The zero-order chi connectivity index (χ0) is 23.9. The molecule has 2 aromatic heterocycles. The van der Waals surface area contributed by atoms with Crippen LogP contribution < -0.4 is 20.6 Å². The molecule has 0 atom stereocenters. The largest absolute Gasteiger partial charge is 0.489 e. The van der Waals surface area contributed by atoms with Crippen molar-refractivity contribution >= 4 is 16.9 Å². The summed E-state index contributed by atoms with van der Waals surface area (Å²) in [6, 6.07) is 27.4. The molecule has 3 aromatic carbocycles. The number of hydrogen-bond acceptors (Lipinski definition) is 7. The molecule has 0 bridgehead atoms. The average Bonchev–Trinajstić information content (AvgIpc) is 2.92. The number of ether oxygens (including phenoxy) is 1. The monoisotopic (exact) mass is 465 g/mol. The van der Waals surface area contributed by atoms with Crippen molar-refractivity contribution < 1.29 is 9.57 Å². The number of anilines is 1. The molecule has 5 aromatic rings. The van der Waals surface area contributed by atoms with Gasteiger partial charge in [-0.15, -0.1) is 4.73 Å². The fraction of sp³-hybridized carbons (Fsp3) is 0.111. The van der Waals surface area contributed by atoms with Gasteiger partial charge in [0, 0.05) is 12.7 Å². The van der Waals surface area contributed by atoms with Crippen LogP contribution in [-0.2, 0) is 19.8 Å². The van der Waals surface area contributed by atoms with E-state index in [1.54, 1.807) is 6.20 Å². The summed E-state index contributed by atoms with van der Waals surface area (Å²) in [6.45, 7) is 1.19. The van der Waals surface area contributed by atoms with Gasteiger partial charge in [0.2, 0.25) is 0 Å². The van der Waals surface area contributed by atoms with Crippen LogP contribution in [0.15, 0.2) is 102 Å². The van der Waals surface area contributed by atoms with Gasteiger partial charge in [0.1, 0.15) is 31.1 Å². The highest BCUT2D eigenvalue weighted by Crippen LogP contribution is 2.19. The maximum atomic E-state index is 12.7. The van der Waals surface area contributed by atoms with Gasteiger partial charge in [-0.25, -0.2) is 14.8 Å². The first-order valence-corrected chi connectivity index (χ1v) is 11.2. The summed E-state index contributed by atoms with van der Waals surface area (Å²) in [4.78, 5) is 31.0. The number of nitrogens with one attached hydrogen (secondary N) is 1. The number of rotatable bonds is 9. The van der Waals surface area contributed by atoms with Crippen LogP contribution in [0.1, 0.15) is 16.7 Å². The van der Waals surface area contributed by atoms with Gasteiger partial charge in [-0.05, 0) is 28.8 Å². The Morgan fingerprint density at radius 1 is 0.800 bits per heavy atom. The minimum Gasteiger partial charge on any atom is -0.489 e. The lowest BCUT2D eigenvalue weighted by atomic mass is 10.2. The zero-order valence-corrected chi connectivity index (χ0v) is 18.9. The van der Waals surface area contributed by atoms with Gasteiger partial charge in [-0.1, -0.05) is 72.8 Å². The zero-order valence-electron chi connectivity index (χ0n) is 18.9. The molecule has 8 nitrogen and oxygen atoms in total. The van der Waals surface area contributed by atoms with E-state index in [1.165, 1.54) is 6.33 Å². The Morgan fingerprint density at radius 2 is 1.49 bits per heavy atom. The lowest BCUT2D eigenvalue weighted by Gasteiger charge is -2.13. The third-order valence-electron chi connectivity index (χ3n) is 5.35. The molecule has 0 fully saturated rings. The van der Waals surface area contributed by atoms with Crippen LogP contribution >= 0.6 is 0 Å². The number of nitrogens with zero attached hydrogens (tertiary/aromatic N) is 4. The minimum atomic E-state index is -0.556. The number of hydrogen-bond donors (Lipinski definition) is 1. The van der Waals surface area contributed by atoms with E-state index >= 15 is 0 Å². The van der Waals surface area contributed by atoms with E-state index in [4.69, 9.17) is 9.57 Å². The van der Waals surface area contributed by atoms with Crippen LogP contribution in [-0.4, -0.2) is 19.7 Å². The summed E-state index contributed by atoms with van der Waals surface area (Å²) in [5.41, 5.74) is 2.84. The molecule has 0 radical (unpaired) electrons. The Labute approximate surface area is 201 Å². The van der Waals surface area contributed by atoms with Crippen LogP contribution in [0.2, 0.25) is 0 Å². The van der Waals surface area contributed by atoms with E-state index in [2.05, 4.69) is 20.3 Å². The Hall–Kier alpha value is -4.72. The molecule has 0 aliphatic heterocycles. The Morgan fingerprint density at radius 3 is 2.20 bits per heavy atom. The van der Waals surface area contributed by atoms with Crippen molar-refractivity contribution in [3.63, 3.8) is 0 Å². The van der Waals surface area contributed by atoms with Gasteiger partial charge in [0.15, 0.2) is 5.65 Å². The molecule has 0 aliphatic carbocycles. The molecular weight excluding hydrogens is 442 g/mol. The second-order valence-corrected chi connectivity index (χ2v) is 7.83. The maximum absolute atomic E-state index is 12.7. The van der Waals surface area contributed by atoms with Crippen molar-refractivity contribution in [3.05, 3.63) is 125 Å². The molecule has 5 rings (SSSR count). The first-order chi connectivity index (χ1) is 17.3. The first kappa shape index (κ1) is 22.1. The van der Waals surface area contributed by atoms with E-state index in [0.29, 0.717) is 30.0 Å². The van der Waals surface area contributed by atoms with Crippen molar-refractivity contribution in [2.75, 3.05) is 5.32 Å². The van der Waals surface area contributed by atoms with Crippen molar-refractivity contribution in [3.8, 4) is 5.75 Å². The fourth-order valence-electron chi connectivity index (χ4n) is 3.54. The second-order valence-electron chi connectivity index (χ2n) is 7.83. The molecule has 0 amide bonds. The smallest absolute Gasteiger partial charge is 0.384 e. The van der Waals surface area contributed by atoms with E-state index < -0.39 is 5.69 Å². The van der Waals surface area contributed by atoms with Gasteiger partial charge in [0.05, 0.1) is 5.39 Å². The van der Waals surface area contributed by atoms with Crippen molar-refractivity contribution in [2.24, 2.45) is 0 Å². The van der Waals surface area contributed by atoms with Gasteiger partial charge in [-0.2, -0.15) is 4.98 Å². The fourth-order valence-corrected chi connectivity index (χ4v) is 3.54. The molecular formula is C27H23N5O3. The predicted molar refractivity (Wildman–Crippen MR) is 133 cm³/mol. The van der Waals surface area contributed by atoms with Crippen molar-refractivity contribution in [1.29, 1.82) is 0 Å². The molecule has 174 valence electrons. The van der Waals surface area contributed by atoms with Crippen molar-refractivity contribution in [2.45, 2.75) is 19.8 Å². The standard InChI is InChI=1S/C27H23N5O3/c33-27-31-25(24-16-28-19-30-26(24)32(27)35-18-22-9-5-2-6-10-22)29-15-20-11-13-23(14-12-20)34-17-21-7-3-1-4-8-21/h1-14,16,19H,15,17-18H2,(H,29,31,33). The molecule has 0 unspecified atom stereocenters. The number of benzene rings is 3. The van der Waals surface area contributed by atoms with E-state index in [0.717, 1.165) is 27.2 Å². The minimum absolute atomic E-state index is 0.215. The van der Waals surface area contributed by atoms with Crippen LogP contribution in [0.4, 0.5) is 5.82 Å². The normalized spacial score (nSPS) is 10.7. The van der Waals surface area contributed by atoms with E-state index in [1.807, 2.05) is 84.9 Å². The molecule has 2 heterocycles. The summed E-state index contributed by atoms with van der Waals surface area (Å²) in [6.07, 6.45) is 2.99. The molecule has 0 saturated carbocycles. The van der Waals surface area contributed by atoms with Gasteiger partial charge in [-0.3, -0.25) is 0 Å². The summed E-state index contributed by atoms with van der Waals surface area (Å²) < 4.78 is 6.95. The lowest BCUT2D eigenvalue weighted by Crippen LogP contribution is -2.30. The SMILES string of the molecule is O=c1nc(NCc2ccc(OCc3ccccc3)cc2)c2cncnc2n1OCc1ccccc1. The van der Waals surface area contributed by atoms with E-state index in [-0.39, 0.29) is 6.61 Å². The molecule has 35 heavy (non-hydrogen) atoms. The quantitative estimate of drug-likeness (QED) is 0.352. The Balaban J connectivity index is 1.27. The lowest BCUT2D eigenvalue weighted by molar-refractivity contribution is 0.0950. The average molecular weight is 466 g/mol. The molecule has 0 saturated heterocycles. The maximum Gasteiger partial charge on any atom is 0.384 e. The van der Waals surface area contributed by atoms with Gasteiger partial charge >= 0.3 is 5.69 Å². The Kier molecular flexibility index (Phi) is 6.61. The molecule has 8 heteroatoms. The summed E-state index contributed by atoms with van der Waals surface area (Å²) >= 11 is 0. The first-order valence-electron chi connectivity index (χ1n) is 11.2. The third kappa shape index (κ3) is 5.44. The third-order valence-corrected chi connectivity index (χ3v) is 5.35.